The summed E-state index contributed by atoms with van der Waals surface area (Å²) in [5, 5.41) is 2.85. The van der Waals surface area contributed by atoms with Gasteiger partial charge in [-0.3, -0.25) is 9.59 Å². The molecule has 1 atom stereocenters. The number of carbonyl (C=O) groups excluding carboxylic acids is 4. The number of nitrogens with zero attached hydrogens (tertiary/aromatic N) is 1. The molecule has 124 valence electrons. The first-order chi connectivity index (χ1) is 10.1. The van der Waals surface area contributed by atoms with Crippen LogP contribution in [-0.2, 0) is 24.0 Å². The average Bonchev–Trinajstić information content (AvgIpc) is 2.67. The normalized spacial score (nSPS) is 16.5. The Morgan fingerprint density at radius 3 is 2.23 bits per heavy atom. The first kappa shape index (κ1) is 17.9. The summed E-state index contributed by atoms with van der Waals surface area (Å²) in [7, 11) is 0. The zero-order chi connectivity index (χ0) is 16.9. The molecule has 0 aliphatic carbocycles. The van der Waals surface area contributed by atoms with Crippen LogP contribution in [0.25, 0.3) is 0 Å². The number of imide groups is 1. The SMILES string of the molecule is CCC[C@H](NC(=O)OC(C)(C)C)C(=O)ON1C(=O)CCC1=O. The van der Waals surface area contributed by atoms with Gasteiger partial charge in [0.1, 0.15) is 11.6 Å². The van der Waals surface area contributed by atoms with Gasteiger partial charge in [0.15, 0.2) is 0 Å². The summed E-state index contributed by atoms with van der Waals surface area (Å²) in [6.07, 6.45) is 0.168. The maximum absolute atomic E-state index is 12.0. The van der Waals surface area contributed by atoms with Gasteiger partial charge in [0, 0.05) is 12.8 Å². The smallest absolute Gasteiger partial charge is 0.408 e. The van der Waals surface area contributed by atoms with E-state index in [2.05, 4.69) is 5.32 Å². The second-order valence-corrected chi connectivity index (χ2v) is 5.98. The van der Waals surface area contributed by atoms with E-state index >= 15 is 0 Å². The third kappa shape index (κ3) is 5.34. The lowest BCUT2D eigenvalue weighted by Gasteiger charge is -2.23. The number of hydrogen-bond donors (Lipinski definition) is 1. The highest BCUT2D eigenvalue weighted by Crippen LogP contribution is 2.14. The molecule has 0 bridgehead atoms. The largest absolute Gasteiger partial charge is 0.444 e. The standard InChI is InChI=1S/C14H22N2O6/c1-5-6-9(15-13(20)21-14(2,3)4)12(19)22-16-10(17)7-8-11(16)18/h9H,5-8H2,1-4H3,(H,15,20)/t9-/m0/s1. The van der Waals surface area contributed by atoms with Crippen molar-refractivity contribution in [3.63, 3.8) is 0 Å². The maximum Gasteiger partial charge on any atom is 0.408 e. The number of ether oxygens (including phenoxy) is 1. The fraction of sp³-hybridized carbons (Fsp3) is 0.714. The highest BCUT2D eigenvalue weighted by atomic mass is 16.7. The fourth-order valence-electron chi connectivity index (χ4n) is 1.80. The first-order valence-electron chi connectivity index (χ1n) is 7.21. The number of carbonyl (C=O) groups is 4. The Morgan fingerprint density at radius 2 is 1.77 bits per heavy atom. The lowest BCUT2D eigenvalue weighted by atomic mass is 10.2. The lowest BCUT2D eigenvalue weighted by Crippen LogP contribution is -2.46. The van der Waals surface area contributed by atoms with E-state index in [1.165, 1.54) is 0 Å². The molecule has 22 heavy (non-hydrogen) atoms. The summed E-state index contributed by atoms with van der Waals surface area (Å²) in [6.45, 7) is 6.91. The minimum absolute atomic E-state index is 0.0179. The van der Waals surface area contributed by atoms with Crippen molar-refractivity contribution in [1.29, 1.82) is 0 Å². The molecule has 1 aliphatic heterocycles. The molecule has 8 nitrogen and oxygen atoms in total. The number of hydrogen-bond acceptors (Lipinski definition) is 6. The lowest BCUT2D eigenvalue weighted by molar-refractivity contribution is -0.199. The molecule has 1 heterocycles. The van der Waals surface area contributed by atoms with Crippen LogP contribution in [0.1, 0.15) is 53.4 Å². The Morgan fingerprint density at radius 1 is 1.23 bits per heavy atom. The quantitative estimate of drug-likeness (QED) is 0.767. The van der Waals surface area contributed by atoms with E-state index < -0.39 is 35.5 Å². The second-order valence-electron chi connectivity index (χ2n) is 5.98. The summed E-state index contributed by atoms with van der Waals surface area (Å²) in [5.41, 5.74) is -0.703. The molecule has 1 N–H and O–H groups in total. The van der Waals surface area contributed by atoms with Crippen molar-refractivity contribution in [2.75, 3.05) is 0 Å². The Balaban J connectivity index is 2.65. The predicted octanol–water partition coefficient (Wildman–Crippen LogP) is 1.29. The van der Waals surface area contributed by atoms with Crippen molar-refractivity contribution in [3.8, 4) is 0 Å². The van der Waals surface area contributed by atoms with E-state index in [1.54, 1.807) is 20.8 Å². The number of amides is 3. The molecule has 0 aromatic carbocycles. The highest BCUT2D eigenvalue weighted by Gasteiger charge is 2.35. The predicted molar refractivity (Wildman–Crippen MR) is 75.2 cm³/mol. The van der Waals surface area contributed by atoms with Crippen molar-refractivity contribution >= 4 is 23.9 Å². The maximum atomic E-state index is 12.0. The molecule has 8 heteroatoms. The van der Waals surface area contributed by atoms with Gasteiger partial charge in [-0.1, -0.05) is 13.3 Å². The third-order valence-electron chi connectivity index (χ3n) is 2.74. The van der Waals surface area contributed by atoms with E-state index in [1.807, 2.05) is 6.92 Å². The molecule has 1 aliphatic rings. The van der Waals surface area contributed by atoms with Crippen molar-refractivity contribution in [3.05, 3.63) is 0 Å². The van der Waals surface area contributed by atoms with E-state index in [0.29, 0.717) is 17.9 Å². The van der Waals surface area contributed by atoms with Gasteiger partial charge in [0.25, 0.3) is 11.8 Å². The van der Waals surface area contributed by atoms with Gasteiger partial charge in [-0.25, -0.2) is 9.59 Å². The number of hydroxylamine groups is 2. The van der Waals surface area contributed by atoms with Crippen LogP contribution < -0.4 is 5.32 Å². The van der Waals surface area contributed by atoms with Crippen LogP contribution in [0.4, 0.5) is 4.79 Å². The van der Waals surface area contributed by atoms with Crippen molar-refractivity contribution in [2.45, 2.75) is 65.0 Å². The van der Waals surface area contributed by atoms with Gasteiger partial charge >= 0.3 is 12.1 Å². The van der Waals surface area contributed by atoms with E-state index in [9.17, 15) is 19.2 Å². The van der Waals surface area contributed by atoms with Crippen molar-refractivity contribution in [2.24, 2.45) is 0 Å². The fourth-order valence-corrected chi connectivity index (χ4v) is 1.80. The van der Waals surface area contributed by atoms with E-state index in [-0.39, 0.29) is 12.8 Å². The molecule has 3 amide bonds. The van der Waals surface area contributed by atoms with Crippen LogP contribution in [-0.4, -0.2) is 40.6 Å². The first-order valence-corrected chi connectivity index (χ1v) is 7.21. The molecular weight excluding hydrogens is 292 g/mol. The van der Waals surface area contributed by atoms with Crippen LogP contribution in [0.15, 0.2) is 0 Å². The summed E-state index contributed by atoms with van der Waals surface area (Å²) >= 11 is 0. The summed E-state index contributed by atoms with van der Waals surface area (Å²) < 4.78 is 5.07. The van der Waals surface area contributed by atoms with Gasteiger partial charge in [-0.2, -0.15) is 0 Å². The van der Waals surface area contributed by atoms with E-state index in [0.717, 1.165) is 0 Å². The summed E-state index contributed by atoms with van der Waals surface area (Å²) in [6, 6.07) is -0.985. The average molecular weight is 314 g/mol. The molecule has 0 radical (unpaired) electrons. The van der Waals surface area contributed by atoms with Crippen LogP contribution in [0.5, 0.6) is 0 Å². The Labute approximate surface area is 129 Å². The molecule has 1 rings (SSSR count). The molecule has 0 unspecified atom stereocenters. The minimum atomic E-state index is -0.985. The molecule has 1 saturated heterocycles. The number of alkyl carbamates (subject to hydrolysis) is 1. The Bertz CT molecular complexity index is 452. The summed E-state index contributed by atoms with van der Waals surface area (Å²) in [4.78, 5) is 51.4. The second kappa shape index (κ2) is 7.24. The topological polar surface area (TPSA) is 102 Å². The van der Waals surface area contributed by atoms with Crippen LogP contribution in [0.3, 0.4) is 0 Å². The molecule has 0 aromatic rings. The zero-order valence-corrected chi connectivity index (χ0v) is 13.3. The zero-order valence-electron chi connectivity index (χ0n) is 13.3. The molecule has 1 fully saturated rings. The van der Waals surface area contributed by atoms with Crippen LogP contribution in [0.2, 0.25) is 0 Å². The molecule has 0 spiro atoms. The minimum Gasteiger partial charge on any atom is -0.444 e. The number of nitrogens with one attached hydrogen (secondary N) is 1. The molecular formula is C14H22N2O6. The van der Waals surface area contributed by atoms with Crippen molar-refractivity contribution in [1.82, 2.24) is 10.4 Å². The number of rotatable bonds is 5. The van der Waals surface area contributed by atoms with Gasteiger partial charge in [0.2, 0.25) is 0 Å². The monoisotopic (exact) mass is 314 g/mol. The van der Waals surface area contributed by atoms with E-state index in [4.69, 9.17) is 9.57 Å². The Kier molecular flexibility index (Phi) is 5.90. The molecule has 0 saturated carbocycles. The van der Waals surface area contributed by atoms with Gasteiger partial charge < -0.3 is 14.9 Å². The van der Waals surface area contributed by atoms with Gasteiger partial charge in [0.05, 0.1) is 0 Å². The summed E-state index contributed by atoms with van der Waals surface area (Å²) in [5.74, 6) is -1.99. The van der Waals surface area contributed by atoms with Gasteiger partial charge in [-0.15, -0.1) is 5.06 Å². The van der Waals surface area contributed by atoms with Crippen LogP contribution >= 0.6 is 0 Å². The Hall–Kier alpha value is -2.12. The van der Waals surface area contributed by atoms with Gasteiger partial charge in [-0.05, 0) is 27.2 Å². The highest BCUT2D eigenvalue weighted by molar-refractivity contribution is 6.01. The molecule has 0 aromatic heterocycles. The van der Waals surface area contributed by atoms with Crippen molar-refractivity contribution < 1.29 is 28.8 Å². The third-order valence-corrected chi connectivity index (χ3v) is 2.74. The van der Waals surface area contributed by atoms with Crippen LogP contribution in [0, 0.1) is 0 Å².